The zero-order valence-corrected chi connectivity index (χ0v) is 13.6. The quantitative estimate of drug-likeness (QED) is 0.867. The number of halogens is 2. The molecule has 20 heavy (non-hydrogen) atoms. The van der Waals surface area contributed by atoms with Gasteiger partial charge in [0.05, 0.1) is 4.47 Å². The van der Waals surface area contributed by atoms with Gasteiger partial charge in [-0.15, -0.1) is 11.3 Å². The van der Waals surface area contributed by atoms with Crippen molar-refractivity contribution in [3.63, 3.8) is 0 Å². The second kappa shape index (κ2) is 6.06. The van der Waals surface area contributed by atoms with E-state index in [0.29, 0.717) is 16.6 Å². The summed E-state index contributed by atoms with van der Waals surface area (Å²) in [5, 5.41) is 4.88. The molecule has 2 nitrogen and oxygen atoms in total. The Balaban J connectivity index is 2.03. The maximum absolute atomic E-state index is 13.4. The zero-order valence-electron chi connectivity index (χ0n) is 11.2. The molecule has 1 N–H and O–H groups in total. The zero-order chi connectivity index (χ0) is 14.8. The molecule has 0 aliphatic heterocycles. The van der Waals surface area contributed by atoms with Crippen LogP contribution in [0.15, 0.2) is 40.2 Å². The lowest BCUT2D eigenvalue weighted by Gasteiger charge is -2.23. The number of hydrogen-bond acceptors (Lipinski definition) is 2. The van der Waals surface area contributed by atoms with Gasteiger partial charge < -0.3 is 5.32 Å². The first-order chi connectivity index (χ1) is 9.40. The molecule has 1 aromatic carbocycles. The van der Waals surface area contributed by atoms with Crippen LogP contribution in [0.25, 0.3) is 0 Å². The Labute approximate surface area is 130 Å². The van der Waals surface area contributed by atoms with Gasteiger partial charge in [0.15, 0.2) is 0 Å². The molecule has 1 heterocycles. The van der Waals surface area contributed by atoms with E-state index in [1.165, 1.54) is 17.0 Å². The van der Waals surface area contributed by atoms with Crippen molar-refractivity contribution in [3.8, 4) is 0 Å². The second-order valence-electron chi connectivity index (χ2n) is 5.17. The third-order valence-corrected chi connectivity index (χ3v) is 4.94. The predicted molar refractivity (Wildman–Crippen MR) is 83.8 cm³/mol. The minimum atomic E-state index is -0.435. The van der Waals surface area contributed by atoms with Crippen molar-refractivity contribution < 1.29 is 9.18 Å². The molecular formula is C15H15BrFNOS. The van der Waals surface area contributed by atoms with E-state index in [9.17, 15) is 9.18 Å². The standard InChI is InChI=1S/C15H15BrFNOS/c1-15(2,13-4-3-7-20-13)9-18-14(19)10-5-6-11(16)12(17)8-10/h3-8H,9H2,1-2H3,(H,18,19). The summed E-state index contributed by atoms with van der Waals surface area (Å²) >= 11 is 4.73. The minimum absolute atomic E-state index is 0.141. The van der Waals surface area contributed by atoms with Crippen LogP contribution in [0.1, 0.15) is 29.1 Å². The largest absolute Gasteiger partial charge is 0.351 e. The molecule has 0 unspecified atom stereocenters. The summed E-state index contributed by atoms with van der Waals surface area (Å²) < 4.78 is 13.8. The van der Waals surface area contributed by atoms with E-state index < -0.39 is 5.82 Å². The number of nitrogens with one attached hydrogen (secondary N) is 1. The van der Waals surface area contributed by atoms with Crippen molar-refractivity contribution in [2.24, 2.45) is 0 Å². The van der Waals surface area contributed by atoms with Crippen molar-refractivity contribution in [2.75, 3.05) is 6.54 Å². The van der Waals surface area contributed by atoms with Gasteiger partial charge in [-0.25, -0.2) is 4.39 Å². The number of carbonyl (C=O) groups excluding carboxylic acids is 1. The summed E-state index contributed by atoms with van der Waals surface area (Å²) in [5.74, 6) is -0.698. The van der Waals surface area contributed by atoms with Crippen LogP contribution in [0, 0.1) is 5.82 Å². The Morgan fingerprint density at radius 3 is 2.75 bits per heavy atom. The lowest BCUT2D eigenvalue weighted by Crippen LogP contribution is -2.36. The van der Waals surface area contributed by atoms with E-state index in [1.54, 1.807) is 17.4 Å². The van der Waals surface area contributed by atoms with Gasteiger partial charge in [-0.1, -0.05) is 19.9 Å². The highest BCUT2D eigenvalue weighted by molar-refractivity contribution is 9.10. The Morgan fingerprint density at radius 2 is 2.15 bits per heavy atom. The fraction of sp³-hybridized carbons (Fsp3) is 0.267. The second-order valence-corrected chi connectivity index (χ2v) is 6.97. The average Bonchev–Trinajstić information content (AvgIpc) is 2.94. The predicted octanol–water partition coefficient (Wildman–Crippen LogP) is 4.36. The van der Waals surface area contributed by atoms with Gasteiger partial charge in [-0.05, 0) is 45.6 Å². The van der Waals surface area contributed by atoms with Gasteiger partial charge in [0.25, 0.3) is 5.91 Å². The van der Waals surface area contributed by atoms with Gasteiger partial charge in [0.1, 0.15) is 5.82 Å². The van der Waals surface area contributed by atoms with Crippen molar-refractivity contribution in [1.82, 2.24) is 5.32 Å². The Bertz CT molecular complexity index is 610. The fourth-order valence-corrected chi connectivity index (χ4v) is 2.89. The van der Waals surface area contributed by atoms with E-state index in [1.807, 2.05) is 11.4 Å². The van der Waals surface area contributed by atoms with Crippen LogP contribution in [0.2, 0.25) is 0 Å². The molecule has 0 atom stereocenters. The number of rotatable bonds is 4. The maximum Gasteiger partial charge on any atom is 0.251 e. The number of thiophene rings is 1. The fourth-order valence-electron chi connectivity index (χ4n) is 1.79. The van der Waals surface area contributed by atoms with Crippen LogP contribution in [0.5, 0.6) is 0 Å². The third-order valence-electron chi connectivity index (χ3n) is 3.06. The van der Waals surface area contributed by atoms with Crippen LogP contribution in [-0.4, -0.2) is 12.5 Å². The molecule has 0 spiro atoms. The van der Waals surface area contributed by atoms with Crippen LogP contribution >= 0.6 is 27.3 Å². The first-order valence-corrected chi connectivity index (χ1v) is 7.85. The van der Waals surface area contributed by atoms with Gasteiger partial charge in [-0.2, -0.15) is 0 Å². The summed E-state index contributed by atoms with van der Waals surface area (Å²) in [6.45, 7) is 4.65. The molecule has 1 amide bonds. The highest BCUT2D eigenvalue weighted by atomic mass is 79.9. The third kappa shape index (κ3) is 3.46. The van der Waals surface area contributed by atoms with Crippen molar-refractivity contribution in [2.45, 2.75) is 19.3 Å². The summed E-state index contributed by atoms with van der Waals surface area (Å²) in [5.41, 5.74) is 0.185. The maximum atomic E-state index is 13.4. The lowest BCUT2D eigenvalue weighted by molar-refractivity contribution is 0.0945. The molecule has 2 rings (SSSR count). The molecule has 106 valence electrons. The molecule has 0 radical (unpaired) electrons. The smallest absolute Gasteiger partial charge is 0.251 e. The molecule has 0 bridgehead atoms. The molecule has 2 aromatic rings. The SMILES string of the molecule is CC(C)(CNC(=O)c1ccc(Br)c(F)c1)c1cccs1. The molecule has 0 aliphatic rings. The average molecular weight is 356 g/mol. The molecular weight excluding hydrogens is 341 g/mol. The molecule has 0 aliphatic carbocycles. The number of hydrogen-bond donors (Lipinski definition) is 1. The molecule has 0 fully saturated rings. The van der Waals surface area contributed by atoms with Crippen LogP contribution in [0.4, 0.5) is 4.39 Å². The molecule has 0 saturated heterocycles. The highest BCUT2D eigenvalue weighted by Crippen LogP contribution is 2.26. The first kappa shape index (κ1) is 15.2. The Morgan fingerprint density at radius 1 is 1.40 bits per heavy atom. The highest BCUT2D eigenvalue weighted by Gasteiger charge is 2.22. The monoisotopic (exact) mass is 355 g/mol. The van der Waals surface area contributed by atoms with E-state index >= 15 is 0 Å². The Kier molecular flexibility index (Phi) is 4.60. The van der Waals surface area contributed by atoms with Crippen LogP contribution in [-0.2, 0) is 5.41 Å². The minimum Gasteiger partial charge on any atom is -0.351 e. The van der Waals surface area contributed by atoms with Crippen LogP contribution in [0.3, 0.4) is 0 Å². The van der Waals surface area contributed by atoms with E-state index in [0.717, 1.165) is 0 Å². The summed E-state index contributed by atoms with van der Waals surface area (Å²) in [7, 11) is 0. The number of benzene rings is 1. The molecule has 1 aromatic heterocycles. The van der Waals surface area contributed by atoms with E-state index in [-0.39, 0.29) is 11.3 Å². The van der Waals surface area contributed by atoms with Gasteiger partial charge in [-0.3, -0.25) is 4.79 Å². The van der Waals surface area contributed by atoms with Crippen molar-refractivity contribution >= 4 is 33.2 Å². The molecule has 5 heteroatoms. The normalized spacial score (nSPS) is 11.4. The Hall–Kier alpha value is -1.20. The molecule has 0 saturated carbocycles. The number of amides is 1. The van der Waals surface area contributed by atoms with Gasteiger partial charge in [0.2, 0.25) is 0 Å². The topological polar surface area (TPSA) is 29.1 Å². The van der Waals surface area contributed by atoms with Crippen molar-refractivity contribution in [1.29, 1.82) is 0 Å². The van der Waals surface area contributed by atoms with Gasteiger partial charge in [0, 0.05) is 22.4 Å². The summed E-state index contributed by atoms with van der Waals surface area (Å²) in [6, 6.07) is 8.41. The van der Waals surface area contributed by atoms with E-state index in [2.05, 4.69) is 41.2 Å². The first-order valence-electron chi connectivity index (χ1n) is 6.17. The summed E-state index contributed by atoms with van der Waals surface area (Å²) in [6.07, 6.45) is 0. The lowest BCUT2D eigenvalue weighted by atomic mass is 9.91. The number of carbonyl (C=O) groups is 1. The van der Waals surface area contributed by atoms with Crippen LogP contribution < -0.4 is 5.32 Å². The summed E-state index contributed by atoms with van der Waals surface area (Å²) in [4.78, 5) is 13.2. The van der Waals surface area contributed by atoms with E-state index in [4.69, 9.17) is 0 Å². The van der Waals surface area contributed by atoms with Gasteiger partial charge >= 0.3 is 0 Å². The van der Waals surface area contributed by atoms with Crippen molar-refractivity contribution in [3.05, 3.63) is 56.4 Å².